The van der Waals surface area contributed by atoms with Crippen molar-refractivity contribution in [3.63, 3.8) is 0 Å². The van der Waals surface area contributed by atoms with Gasteiger partial charge in [0.2, 0.25) is 0 Å². The lowest BCUT2D eigenvalue weighted by molar-refractivity contribution is 0.140. The maximum Gasteiger partial charge on any atom is 0.407 e. The predicted molar refractivity (Wildman–Crippen MR) is 160 cm³/mol. The van der Waals surface area contributed by atoms with E-state index in [0.29, 0.717) is 48.1 Å². The van der Waals surface area contributed by atoms with Crippen LogP contribution < -0.4 is 24.8 Å². The van der Waals surface area contributed by atoms with Gasteiger partial charge in [-0.05, 0) is 31.4 Å². The summed E-state index contributed by atoms with van der Waals surface area (Å²) in [5.74, 6) is 1.77. The Bertz CT molecular complexity index is 1680. The van der Waals surface area contributed by atoms with Crippen molar-refractivity contribution in [1.82, 2.24) is 29.6 Å². The van der Waals surface area contributed by atoms with Crippen molar-refractivity contribution < 1.29 is 32.9 Å². The number of carbonyl (C=O) groups is 1. The summed E-state index contributed by atoms with van der Waals surface area (Å²) in [5.41, 5.74) is 2.25. The number of likely N-dealkylation sites (tertiary alicyclic amines) is 1. The molecule has 6 rings (SSSR count). The minimum Gasteiger partial charge on any atom is -0.497 e. The van der Waals surface area contributed by atoms with Crippen LogP contribution in [0, 0.1) is 0 Å². The Morgan fingerprint density at radius 1 is 1.04 bits per heavy atom. The first-order valence-electron chi connectivity index (χ1n) is 14.4. The SMILES string of the molecule is COc1ccc(CNc2cc(Nc3cc(OC4CC4)c(-c4cnn(C5CCN(C(=O)O)C5)c4)cn3)nc(C(F)F)n2)c(OC)c1. The van der Waals surface area contributed by atoms with Crippen molar-refractivity contribution in [3.05, 3.63) is 60.3 Å². The standard InChI is InChI=1S/C30H32F2N8O5/c1-43-21-4-3-17(23(9-21)44-2)12-33-26-11-27(38-29(37-26)28(31)32)36-25-10-24(45-20-5-6-20)22(14-34-25)18-13-35-40(15-18)19-7-8-39(16-19)30(41)42/h3-4,9-11,13-15,19-20,28H,5-8,12,16H2,1-2H3,(H,41,42)(H2,33,34,36,37,38). The van der Waals surface area contributed by atoms with Crippen molar-refractivity contribution in [1.29, 1.82) is 0 Å². The first-order valence-corrected chi connectivity index (χ1v) is 14.4. The zero-order chi connectivity index (χ0) is 31.5. The molecule has 13 nitrogen and oxygen atoms in total. The highest BCUT2D eigenvalue weighted by molar-refractivity contribution is 5.72. The fraction of sp³-hybridized carbons (Fsp3) is 0.367. The zero-order valence-electron chi connectivity index (χ0n) is 24.6. The molecule has 0 spiro atoms. The molecule has 236 valence electrons. The fourth-order valence-electron chi connectivity index (χ4n) is 5.03. The summed E-state index contributed by atoms with van der Waals surface area (Å²) in [6.45, 7) is 1.07. The largest absolute Gasteiger partial charge is 0.497 e. The summed E-state index contributed by atoms with van der Waals surface area (Å²) in [6.07, 6.45) is 3.94. The van der Waals surface area contributed by atoms with Crippen molar-refractivity contribution in [2.24, 2.45) is 0 Å². The molecule has 2 fully saturated rings. The number of methoxy groups -OCH3 is 2. The first kappa shape index (κ1) is 29.8. The lowest BCUT2D eigenvalue weighted by atomic mass is 10.1. The van der Waals surface area contributed by atoms with Gasteiger partial charge in [-0.1, -0.05) is 0 Å². The molecule has 1 atom stereocenters. The number of amides is 1. The van der Waals surface area contributed by atoms with Gasteiger partial charge in [0.1, 0.15) is 34.7 Å². The van der Waals surface area contributed by atoms with Gasteiger partial charge in [0, 0.05) is 66.9 Å². The lowest BCUT2D eigenvalue weighted by Gasteiger charge is -2.15. The number of rotatable bonds is 12. The maximum absolute atomic E-state index is 13.8. The van der Waals surface area contributed by atoms with Crippen LogP contribution in [0.3, 0.4) is 0 Å². The van der Waals surface area contributed by atoms with E-state index in [1.807, 2.05) is 12.3 Å². The van der Waals surface area contributed by atoms with E-state index in [-0.39, 0.29) is 30.3 Å². The van der Waals surface area contributed by atoms with E-state index in [4.69, 9.17) is 14.2 Å². The van der Waals surface area contributed by atoms with Crippen LogP contribution in [0.4, 0.5) is 31.0 Å². The number of halogens is 2. The number of nitrogens with zero attached hydrogens (tertiary/aromatic N) is 6. The molecule has 3 N–H and O–H groups in total. The van der Waals surface area contributed by atoms with E-state index < -0.39 is 18.3 Å². The smallest absolute Gasteiger partial charge is 0.407 e. The number of ether oxygens (including phenoxy) is 3. The number of pyridine rings is 1. The van der Waals surface area contributed by atoms with E-state index in [1.54, 1.807) is 42.4 Å². The molecule has 1 saturated heterocycles. The average molecular weight is 623 g/mol. The Hall–Kier alpha value is -5.21. The van der Waals surface area contributed by atoms with Gasteiger partial charge < -0.3 is 34.9 Å². The molecule has 0 radical (unpaired) electrons. The molecule has 3 aromatic heterocycles. The van der Waals surface area contributed by atoms with Crippen LogP contribution in [-0.2, 0) is 6.54 Å². The molecule has 4 aromatic rings. The third kappa shape index (κ3) is 6.97. The number of nitrogens with one attached hydrogen (secondary N) is 2. The van der Waals surface area contributed by atoms with Crippen LogP contribution in [0.2, 0.25) is 0 Å². The summed E-state index contributed by atoms with van der Waals surface area (Å²) in [4.78, 5) is 25.2. The minimum absolute atomic E-state index is 0.0630. The number of aromatic nitrogens is 5. The normalized spacial score (nSPS) is 16.1. The molecule has 1 aromatic carbocycles. The van der Waals surface area contributed by atoms with Crippen LogP contribution >= 0.6 is 0 Å². The highest BCUT2D eigenvalue weighted by Crippen LogP contribution is 2.37. The van der Waals surface area contributed by atoms with E-state index in [2.05, 4.69) is 30.7 Å². The number of hydrogen-bond donors (Lipinski definition) is 3. The number of alkyl halides is 2. The van der Waals surface area contributed by atoms with E-state index >= 15 is 0 Å². The van der Waals surface area contributed by atoms with Gasteiger partial charge in [-0.3, -0.25) is 4.68 Å². The Kier molecular flexibility index (Phi) is 8.49. The monoisotopic (exact) mass is 622 g/mol. The van der Waals surface area contributed by atoms with Crippen molar-refractivity contribution in [2.45, 2.75) is 44.4 Å². The average Bonchev–Trinajstić information content (AvgIpc) is 3.48. The molecule has 0 bridgehead atoms. The van der Waals surface area contributed by atoms with Crippen LogP contribution in [0.25, 0.3) is 11.1 Å². The number of carboxylic acid groups (broad SMARTS) is 1. The fourth-order valence-corrected chi connectivity index (χ4v) is 5.03. The van der Waals surface area contributed by atoms with Gasteiger partial charge in [-0.25, -0.2) is 28.5 Å². The number of benzene rings is 1. The van der Waals surface area contributed by atoms with Crippen molar-refractivity contribution in [3.8, 4) is 28.4 Å². The molecule has 4 heterocycles. The second-order valence-corrected chi connectivity index (χ2v) is 10.7. The highest BCUT2D eigenvalue weighted by atomic mass is 19.3. The molecular formula is C30H32F2N8O5. The molecule has 1 unspecified atom stereocenters. The Balaban J connectivity index is 1.22. The highest BCUT2D eigenvalue weighted by Gasteiger charge is 2.29. The van der Waals surface area contributed by atoms with Gasteiger partial charge in [-0.15, -0.1) is 0 Å². The van der Waals surface area contributed by atoms with E-state index in [9.17, 15) is 18.7 Å². The topological polar surface area (TPSA) is 149 Å². The molecule has 15 heteroatoms. The lowest BCUT2D eigenvalue weighted by Crippen LogP contribution is -2.27. The van der Waals surface area contributed by atoms with Crippen LogP contribution in [0.1, 0.15) is 43.1 Å². The third-order valence-corrected chi connectivity index (χ3v) is 7.55. The second kappa shape index (κ2) is 12.8. The van der Waals surface area contributed by atoms with Gasteiger partial charge >= 0.3 is 6.09 Å². The summed E-state index contributed by atoms with van der Waals surface area (Å²) >= 11 is 0. The van der Waals surface area contributed by atoms with Crippen molar-refractivity contribution in [2.75, 3.05) is 37.9 Å². The Morgan fingerprint density at radius 2 is 1.87 bits per heavy atom. The maximum atomic E-state index is 13.8. The number of hydrogen-bond acceptors (Lipinski definition) is 10. The van der Waals surface area contributed by atoms with Gasteiger partial charge in [0.15, 0.2) is 5.82 Å². The minimum atomic E-state index is -2.90. The molecule has 1 amide bonds. The molecular weight excluding hydrogens is 590 g/mol. The second-order valence-electron chi connectivity index (χ2n) is 10.7. The Morgan fingerprint density at radius 3 is 2.58 bits per heavy atom. The van der Waals surface area contributed by atoms with Crippen LogP contribution in [0.15, 0.2) is 48.9 Å². The summed E-state index contributed by atoms with van der Waals surface area (Å²) in [5, 5.41) is 19.9. The summed E-state index contributed by atoms with van der Waals surface area (Å²) in [7, 11) is 3.09. The molecule has 1 aliphatic carbocycles. The summed E-state index contributed by atoms with van der Waals surface area (Å²) in [6, 6.07) is 8.48. The van der Waals surface area contributed by atoms with Gasteiger partial charge in [-0.2, -0.15) is 5.10 Å². The number of anilines is 3. The molecule has 45 heavy (non-hydrogen) atoms. The van der Waals surface area contributed by atoms with E-state index in [1.165, 1.54) is 18.1 Å². The predicted octanol–water partition coefficient (Wildman–Crippen LogP) is 5.51. The Labute approximate surface area is 257 Å². The molecule has 1 saturated carbocycles. The molecule has 2 aliphatic rings. The first-order chi connectivity index (χ1) is 21.8. The third-order valence-electron chi connectivity index (χ3n) is 7.55. The zero-order valence-corrected chi connectivity index (χ0v) is 24.6. The quantitative estimate of drug-likeness (QED) is 0.184. The van der Waals surface area contributed by atoms with Crippen molar-refractivity contribution >= 4 is 23.5 Å². The van der Waals surface area contributed by atoms with Gasteiger partial charge in [0.05, 0.1) is 32.6 Å². The summed E-state index contributed by atoms with van der Waals surface area (Å²) < 4.78 is 46.2. The van der Waals surface area contributed by atoms with Gasteiger partial charge in [0.25, 0.3) is 6.43 Å². The van der Waals surface area contributed by atoms with Crippen LogP contribution in [0.5, 0.6) is 17.2 Å². The van der Waals surface area contributed by atoms with Crippen LogP contribution in [-0.4, -0.2) is 74.2 Å². The molecule has 1 aliphatic heterocycles. The van der Waals surface area contributed by atoms with E-state index in [0.717, 1.165) is 24.0 Å².